The predicted octanol–water partition coefficient (Wildman–Crippen LogP) is 1.23. The Hall–Kier alpha value is -1.79. The summed E-state index contributed by atoms with van der Waals surface area (Å²) < 4.78 is 5.14. The summed E-state index contributed by atoms with van der Waals surface area (Å²) in [5.74, 6) is -0.841. The van der Waals surface area contributed by atoms with Gasteiger partial charge in [-0.15, -0.1) is 0 Å². The number of nitro benzene ring substituents is 1. The van der Waals surface area contributed by atoms with Gasteiger partial charge in [-0.1, -0.05) is 12.1 Å². The molecule has 6 heteroatoms. The largest absolute Gasteiger partial charge is 0.387 e. The fourth-order valence-corrected chi connectivity index (χ4v) is 2.05. The van der Waals surface area contributed by atoms with Crippen molar-refractivity contribution in [1.29, 1.82) is 0 Å². The molecule has 0 aromatic heterocycles. The minimum Gasteiger partial charge on any atom is -0.387 e. The lowest BCUT2D eigenvalue weighted by molar-refractivity contribution is -0.386. The Kier molecular flexibility index (Phi) is 3.69. The molecular weight excluding hydrogens is 238 g/mol. The number of ketones is 1. The highest BCUT2D eigenvalue weighted by atomic mass is 16.6. The molecule has 0 amide bonds. The molecule has 0 spiro atoms. The van der Waals surface area contributed by atoms with Gasteiger partial charge in [0.15, 0.2) is 0 Å². The van der Waals surface area contributed by atoms with Crippen LogP contribution in [0.3, 0.4) is 0 Å². The summed E-state index contributed by atoms with van der Waals surface area (Å²) in [6.07, 6.45) is -0.957. The van der Waals surface area contributed by atoms with Gasteiger partial charge in [-0.25, -0.2) is 0 Å². The highest BCUT2D eigenvalue weighted by Crippen LogP contribution is 2.32. The number of carbonyl (C=O) groups is 1. The first-order valence-corrected chi connectivity index (χ1v) is 5.63. The average molecular weight is 251 g/mol. The maximum atomic E-state index is 11.7. The minimum absolute atomic E-state index is 0.103. The highest BCUT2D eigenvalue weighted by Gasteiger charge is 2.33. The number of carbonyl (C=O) groups excluding carboxylic acids is 1. The van der Waals surface area contributed by atoms with Gasteiger partial charge in [-0.3, -0.25) is 14.9 Å². The van der Waals surface area contributed by atoms with E-state index in [4.69, 9.17) is 4.74 Å². The molecule has 1 saturated heterocycles. The van der Waals surface area contributed by atoms with Crippen LogP contribution in [0.15, 0.2) is 24.3 Å². The molecule has 1 aliphatic rings. The van der Waals surface area contributed by atoms with E-state index in [9.17, 15) is 20.0 Å². The molecule has 1 aliphatic heterocycles. The molecule has 2 atom stereocenters. The Morgan fingerprint density at radius 2 is 2.17 bits per heavy atom. The Morgan fingerprint density at radius 3 is 2.83 bits per heavy atom. The van der Waals surface area contributed by atoms with E-state index in [2.05, 4.69) is 0 Å². The molecule has 1 fully saturated rings. The van der Waals surface area contributed by atoms with E-state index in [1.807, 2.05) is 0 Å². The summed E-state index contributed by atoms with van der Waals surface area (Å²) in [5.41, 5.74) is -0.0188. The van der Waals surface area contributed by atoms with Crippen molar-refractivity contribution in [3.63, 3.8) is 0 Å². The van der Waals surface area contributed by atoms with Crippen LogP contribution < -0.4 is 0 Å². The zero-order valence-electron chi connectivity index (χ0n) is 9.61. The van der Waals surface area contributed by atoms with Crippen molar-refractivity contribution < 1.29 is 19.6 Å². The van der Waals surface area contributed by atoms with Crippen molar-refractivity contribution >= 4 is 11.5 Å². The van der Waals surface area contributed by atoms with E-state index in [0.717, 1.165) is 0 Å². The molecule has 0 aliphatic carbocycles. The minimum atomic E-state index is -1.20. The molecule has 18 heavy (non-hydrogen) atoms. The van der Waals surface area contributed by atoms with Crippen LogP contribution in [0.1, 0.15) is 18.1 Å². The monoisotopic (exact) mass is 251 g/mol. The van der Waals surface area contributed by atoms with E-state index in [-0.39, 0.29) is 30.1 Å². The number of benzene rings is 1. The number of nitro groups is 1. The Bertz CT molecular complexity index is 473. The van der Waals surface area contributed by atoms with Gasteiger partial charge in [0.25, 0.3) is 5.69 Å². The molecule has 0 bridgehead atoms. The molecule has 96 valence electrons. The first kappa shape index (κ1) is 12.7. The van der Waals surface area contributed by atoms with Gasteiger partial charge < -0.3 is 9.84 Å². The van der Waals surface area contributed by atoms with E-state index >= 15 is 0 Å². The summed E-state index contributed by atoms with van der Waals surface area (Å²) in [4.78, 5) is 22.0. The molecule has 6 nitrogen and oxygen atoms in total. The van der Waals surface area contributed by atoms with Crippen LogP contribution in [0.2, 0.25) is 0 Å². The van der Waals surface area contributed by atoms with Crippen molar-refractivity contribution in [2.75, 3.05) is 13.2 Å². The van der Waals surface area contributed by atoms with E-state index in [1.165, 1.54) is 18.2 Å². The van der Waals surface area contributed by atoms with Crippen LogP contribution in [0.4, 0.5) is 5.69 Å². The third-order valence-electron chi connectivity index (χ3n) is 3.04. The Labute approximate surface area is 103 Å². The van der Waals surface area contributed by atoms with Gasteiger partial charge in [0.2, 0.25) is 0 Å². The first-order valence-electron chi connectivity index (χ1n) is 5.63. The maximum absolute atomic E-state index is 11.7. The molecule has 0 radical (unpaired) electrons. The van der Waals surface area contributed by atoms with Crippen LogP contribution in [0, 0.1) is 16.0 Å². The van der Waals surface area contributed by atoms with Gasteiger partial charge in [0.05, 0.1) is 35.7 Å². The van der Waals surface area contributed by atoms with Gasteiger partial charge in [0.1, 0.15) is 5.78 Å². The quantitative estimate of drug-likeness (QED) is 0.644. The first-order chi connectivity index (χ1) is 8.61. The lowest BCUT2D eigenvalue weighted by atomic mass is 9.89. The lowest BCUT2D eigenvalue weighted by Gasteiger charge is -2.25. The van der Waals surface area contributed by atoms with E-state index < -0.39 is 16.9 Å². The number of Topliss-reactive ketones (excluding diaryl/α,β-unsaturated/α-hetero) is 1. The molecule has 1 aromatic rings. The van der Waals surface area contributed by atoms with Crippen LogP contribution in [0.25, 0.3) is 0 Å². The van der Waals surface area contributed by atoms with Crippen molar-refractivity contribution in [3.05, 3.63) is 39.9 Å². The fraction of sp³-hybridized carbons (Fsp3) is 0.417. The molecule has 0 saturated carbocycles. The predicted molar refractivity (Wildman–Crippen MR) is 62.0 cm³/mol. The fourth-order valence-electron chi connectivity index (χ4n) is 2.05. The normalized spacial score (nSPS) is 21.6. The van der Waals surface area contributed by atoms with Gasteiger partial charge in [-0.2, -0.15) is 0 Å². The maximum Gasteiger partial charge on any atom is 0.275 e. The lowest BCUT2D eigenvalue weighted by Crippen LogP contribution is -2.32. The number of hydrogen-bond acceptors (Lipinski definition) is 5. The SMILES string of the molecule is O=C1CCOC[C@H]1[C@@H](O)c1ccccc1[N+](=O)[O-]. The van der Waals surface area contributed by atoms with Crippen molar-refractivity contribution in [1.82, 2.24) is 0 Å². The molecule has 1 heterocycles. The van der Waals surface area contributed by atoms with Crippen molar-refractivity contribution in [3.8, 4) is 0 Å². The second kappa shape index (κ2) is 5.24. The molecule has 1 N–H and O–H groups in total. The molecular formula is C12H13NO5. The smallest absolute Gasteiger partial charge is 0.275 e. The summed E-state index contributed by atoms with van der Waals surface area (Å²) >= 11 is 0. The number of rotatable bonds is 3. The van der Waals surface area contributed by atoms with Crippen LogP contribution in [-0.2, 0) is 9.53 Å². The van der Waals surface area contributed by atoms with Crippen molar-refractivity contribution in [2.24, 2.45) is 5.92 Å². The number of aliphatic hydroxyl groups excluding tert-OH is 1. The van der Waals surface area contributed by atoms with E-state index in [0.29, 0.717) is 6.61 Å². The van der Waals surface area contributed by atoms with Crippen LogP contribution in [0.5, 0.6) is 0 Å². The second-order valence-electron chi connectivity index (χ2n) is 4.16. The average Bonchev–Trinajstić information content (AvgIpc) is 2.38. The van der Waals surface area contributed by atoms with Crippen LogP contribution >= 0.6 is 0 Å². The topological polar surface area (TPSA) is 89.7 Å². The molecule has 0 unspecified atom stereocenters. The van der Waals surface area contributed by atoms with Gasteiger partial charge >= 0.3 is 0 Å². The number of para-hydroxylation sites is 1. The zero-order valence-corrected chi connectivity index (χ0v) is 9.61. The Morgan fingerprint density at radius 1 is 1.44 bits per heavy atom. The molecule has 1 aromatic carbocycles. The zero-order chi connectivity index (χ0) is 13.1. The van der Waals surface area contributed by atoms with Gasteiger partial charge in [-0.05, 0) is 6.07 Å². The van der Waals surface area contributed by atoms with Gasteiger partial charge in [0, 0.05) is 12.5 Å². The summed E-state index contributed by atoms with van der Waals surface area (Å²) in [5, 5.41) is 21.0. The Balaban J connectivity index is 2.30. The summed E-state index contributed by atoms with van der Waals surface area (Å²) in [6.45, 7) is 0.449. The number of ether oxygens (including phenoxy) is 1. The second-order valence-corrected chi connectivity index (χ2v) is 4.16. The van der Waals surface area contributed by atoms with Crippen molar-refractivity contribution in [2.45, 2.75) is 12.5 Å². The number of nitrogens with zero attached hydrogens (tertiary/aromatic N) is 1. The highest BCUT2D eigenvalue weighted by molar-refractivity contribution is 5.82. The number of aliphatic hydroxyl groups is 1. The molecule has 2 rings (SSSR count). The third-order valence-corrected chi connectivity index (χ3v) is 3.04. The van der Waals surface area contributed by atoms with Crippen LogP contribution in [-0.4, -0.2) is 29.0 Å². The summed E-state index contributed by atoms with van der Waals surface area (Å²) in [7, 11) is 0. The summed E-state index contributed by atoms with van der Waals surface area (Å²) in [6, 6.07) is 5.89. The third kappa shape index (κ3) is 2.39. The number of hydrogen-bond donors (Lipinski definition) is 1. The van der Waals surface area contributed by atoms with E-state index in [1.54, 1.807) is 6.07 Å². The standard InChI is InChI=1S/C12H13NO5/c14-11-5-6-18-7-9(11)12(15)8-3-1-2-4-10(8)13(16)17/h1-4,9,12,15H,5-7H2/t9-,12+/m1/s1.